The maximum absolute atomic E-state index is 6.33. The second kappa shape index (κ2) is 8.58. The van der Waals surface area contributed by atoms with Crippen LogP contribution in [0.2, 0.25) is 5.02 Å². The van der Waals surface area contributed by atoms with Crippen LogP contribution in [0.5, 0.6) is 0 Å². The predicted molar refractivity (Wildman–Crippen MR) is 90.4 cm³/mol. The Morgan fingerprint density at radius 1 is 1.14 bits per heavy atom. The number of aryl methyl sites for hydroxylation is 2. The van der Waals surface area contributed by atoms with E-state index in [1.165, 1.54) is 32.1 Å². The molecule has 2 heterocycles. The first kappa shape index (κ1) is 17.3. The van der Waals surface area contributed by atoms with E-state index in [9.17, 15) is 0 Å². The number of hydrogen-bond donors (Lipinski definition) is 0. The third kappa shape index (κ3) is 4.26. The highest BCUT2D eigenvalue weighted by Crippen LogP contribution is 2.31. The maximum Gasteiger partial charge on any atom is 0.276 e. The summed E-state index contributed by atoms with van der Waals surface area (Å²) in [6.45, 7) is 4.24. The summed E-state index contributed by atoms with van der Waals surface area (Å²) in [6.07, 6.45) is 7.10. The molecule has 0 aliphatic rings. The van der Waals surface area contributed by atoms with Crippen molar-refractivity contribution in [3.8, 4) is 11.6 Å². The van der Waals surface area contributed by atoms with Crippen LogP contribution >= 0.6 is 23.4 Å². The van der Waals surface area contributed by atoms with Crippen molar-refractivity contribution in [1.29, 1.82) is 0 Å². The van der Waals surface area contributed by atoms with Gasteiger partial charge in [-0.1, -0.05) is 62.9 Å². The van der Waals surface area contributed by atoms with Crippen molar-refractivity contribution in [3.63, 3.8) is 0 Å². The van der Waals surface area contributed by atoms with Gasteiger partial charge in [0, 0.05) is 12.8 Å². The van der Waals surface area contributed by atoms with Crippen LogP contribution in [0.3, 0.4) is 0 Å². The van der Waals surface area contributed by atoms with Crippen LogP contribution in [0.4, 0.5) is 0 Å². The molecule has 0 N–H and O–H groups in total. The minimum Gasteiger partial charge on any atom is -0.410 e. The standard InChI is InChI=1S/C15H23ClN4OS/c1-4-6-7-8-9-10-22-15-18-17-14(21-15)13-12(16)11(5-2)19-20(13)3/h4-10H2,1-3H3. The zero-order valence-electron chi connectivity index (χ0n) is 13.4. The van der Waals surface area contributed by atoms with Crippen LogP contribution in [0.15, 0.2) is 9.64 Å². The van der Waals surface area contributed by atoms with Gasteiger partial charge in [0.1, 0.15) is 5.69 Å². The molecular formula is C15H23ClN4OS. The molecule has 0 unspecified atom stereocenters. The molecule has 0 saturated carbocycles. The summed E-state index contributed by atoms with van der Waals surface area (Å²) in [5.41, 5.74) is 1.54. The van der Waals surface area contributed by atoms with Gasteiger partial charge in [0.05, 0.1) is 10.7 Å². The zero-order chi connectivity index (χ0) is 15.9. The molecule has 2 rings (SSSR count). The lowest BCUT2D eigenvalue weighted by Crippen LogP contribution is -1.94. The quantitative estimate of drug-likeness (QED) is 0.486. The molecule has 122 valence electrons. The first-order valence-electron chi connectivity index (χ1n) is 7.85. The highest BCUT2D eigenvalue weighted by atomic mass is 35.5. The molecule has 0 radical (unpaired) electrons. The van der Waals surface area contributed by atoms with Gasteiger partial charge in [-0.2, -0.15) is 5.10 Å². The fraction of sp³-hybridized carbons (Fsp3) is 0.667. The molecule has 0 aliphatic heterocycles. The Hall–Kier alpha value is -1.01. The van der Waals surface area contributed by atoms with Crippen LogP contribution in [-0.2, 0) is 13.5 Å². The van der Waals surface area contributed by atoms with Crippen LogP contribution in [0, 0.1) is 0 Å². The molecule has 2 aromatic heterocycles. The van der Waals surface area contributed by atoms with Gasteiger partial charge in [-0.25, -0.2) is 0 Å². The lowest BCUT2D eigenvalue weighted by molar-refractivity contribution is 0.461. The van der Waals surface area contributed by atoms with E-state index in [1.54, 1.807) is 16.4 Å². The average Bonchev–Trinajstić information content (AvgIpc) is 3.07. The highest BCUT2D eigenvalue weighted by Gasteiger charge is 2.20. The lowest BCUT2D eigenvalue weighted by Gasteiger charge is -1.98. The van der Waals surface area contributed by atoms with Crippen molar-refractivity contribution in [2.45, 2.75) is 57.6 Å². The molecule has 7 heteroatoms. The fourth-order valence-electron chi connectivity index (χ4n) is 2.24. The fourth-order valence-corrected chi connectivity index (χ4v) is 3.37. The summed E-state index contributed by atoms with van der Waals surface area (Å²) >= 11 is 7.94. The molecule has 2 aromatic rings. The van der Waals surface area contributed by atoms with Crippen LogP contribution in [0.25, 0.3) is 11.6 Å². The smallest absolute Gasteiger partial charge is 0.276 e. The SMILES string of the molecule is CCCCCCCSc1nnc(-c2c(Cl)c(CC)nn2C)o1. The van der Waals surface area contributed by atoms with E-state index in [-0.39, 0.29) is 0 Å². The topological polar surface area (TPSA) is 56.7 Å². The summed E-state index contributed by atoms with van der Waals surface area (Å²) < 4.78 is 7.41. The minimum atomic E-state index is 0.438. The Morgan fingerprint density at radius 2 is 1.91 bits per heavy atom. The van der Waals surface area contributed by atoms with Gasteiger partial charge in [0.25, 0.3) is 11.1 Å². The molecule has 0 spiro atoms. The van der Waals surface area contributed by atoms with Crippen molar-refractivity contribution in [2.24, 2.45) is 7.05 Å². The average molecular weight is 343 g/mol. The van der Waals surface area contributed by atoms with Gasteiger partial charge in [-0.3, -0.25) is 4.68 Å². The minimum absolute atomic E-state index is 0.438. The van der Waals surface area contributed by atoms with Gasteiger partial charge in [-0.05, 0) is 12.8 Å². The maximum atomic E-state index is 6.33. The van der Waals surface area contributed by atoms with Crippen molar-refractivity contribution < 1.29 is 4.42 Å². The summed E-state index contributed by atoms with van der Waals surface area (Å²) in [5.74, 6) is 1.44. The Bertz CT molecular complexity index is 596. The highest BCUT2D eigenvalue weighted by molar-refractivity contribution is 7.99. The second-order valence-corrected chi connectivity index (χ2v) is 6.65. The summed E-state index contributed by atoms with van der Waals surface area (Å²) in [7, 11) is 1.84. The van der Waals surface area contributed by atoms with Crippen molar-refractivity contribution in [1.82, 2.24) is 20.0 Å². The normalized spacial score (nSPS) is 11.3. The summed E-state index contributed by atoms with van der Waals surface area (Å²) in [4.78, 5) is 0. The Morgan fingerprint density at radius 3 is 2.59 bits per heavy atom. The Labute approximate surface area is 140 Å². The molecular weight excluding hydrogens is 320 g/mol. The zero-order valence-corrected chi connectivity index (χ0v) is 15.0. The Balaban J connectivity index is 1.93. The Kier molecular flexibility index (Phi) is 6.76. The number of aromatic nitrogens is 4. The largest absolute Gasteiger partial charge is 0.410 e. The van der Waals surface area contributed by atoms with Crippen molar-refractivity contribution in [2.75, 3.05) is 5.75 Å². The van der Waals surface area contributed by atoms with Crippen LogP contribution < -0.4 is 0 Å². The molecule has 0 aliphatic carbocycles. The van der Waals surface area contributed by atoms with E-state index in [2.05, 4.69) is 22.2 Å². The van der Waals surface area contributed by atoms with Gasteiger partial charge in [0.15, 0.2) is 0 Å². The number of unbranched alkanes of at least 4 members (excludes halogenated alkanes) is 4. The first-order valence-corrected chi connectivity index (χ1v) is 9.21. The third-order valence-corrected chi connectivity index (χ3v) is 4.77. The third-order valence-electron chi connectivity index (χ3n) is 3.47. The van der Waals surface area contributed by atoms with Gasteiger partial charge in [-0.15, -0.1) is 10.2 Å². The predicted octanol–water partition coefficient (Wildman–Crippen LogP) is 4.75. The monoisotopic (exact) mass is 342 g/mol. The molecule has 5 nitrogen and oxygen atoms in total. The van der Waals surface area contributed by atoms with E-state index in [0.717, 1.165) is 17.9 Å². The second-order valence-electron chi connectivity index (χ2n) is 5.22. The van der Waals surface area contributed by atoms with E-state index >= 15 is 0 Å². The number of nitrogens with zero attached hydrogens (tertiary/aromatic N) is 4. The molecule has 0 bridgehead atoms. The molecule has 0 aromatic carbocycles. The summed E-state index contributed by atoms with van der Waals surface area (Å²) in [5, 5.41) is 13.8. The van der Waals surface area contributed by atoms with Crippen molar-refractivity contribution >= 4 is 23.4 Å². The van der Waals surface area contributed by atoms with E-state index in [0.29, 0.717) is 21.8 Å². The van der Waals surface area contributed by atoms with Crippen LogP contribution in [0.1, 0.15) is 51.6 Å². The van der Waals surface area contributed by atoms with Gasteiger partial charge >= 0.3 is 0 Å². The van der Waals surface area contributed by atoms with E-state index in [1.807, 2.05) is 14.0 Å². The molecule has 0 saturated heterocycles. The lowest BCUT2D eigenvalue weighted by atomic mass is 10.2. The van der Waals surface area contributed by atoms with Gasteiger partial charge in [0.2, 0.25) is 0 Å². The number of hydrogen-bond acceptors (Lipinski definition) is 5. The molecule has 0 amide bonds. The number of rotatable bonds is 9. The molecule has 22 heavy (non-hydrogen) atoms. The first-order chi connectivity index (χ1) is 10.7. The number of thioether (sulfide) groups is 1. The molecule has 0 fully saturated rings. The summed E-state index contributed by atoms with van der Waals surface area (Å²) in [6, 6.07) is 0. The number of halogens is 1. The van der Waals surface area contributed by atoms with Gasteiger partial charge < -0.3 is 4.42 Å². The van der Waals surface area contributed by atoms with E-state index in [4.69, 9.17) is 16.0 Å². The van der Waals surface area contributed by atoms with Crippen LogP contribution in [-0.4, -0.2) is 25.7 Å². The van der Waals surface area contributed by atoms with Crippen molar-refractivity contribution in [3.05, 3.63) is 10.7 Å². The van der Waals surface area contributed by atoms with E-state index < -0.39 is 0 Å². The molecule has 0 atom stereocenters.